The molecule has 0 saturated carbocycles. The van der Waals surface area contributed by atoms with Crippen molar-refractivity contribution in [1.29, 1.82) is 0 Å². The van der Waals surface area contributed by atoms with Gasteiger partial charge in [-0.15, -0.1) is 11.8 Å². The molecular weight excluding hydrogens is 486 g/mol. The summed E-state index contributed by atoms with van der Waals surface area (Å²) in [6.45, 7) is 5.76. The normalized spacial score (nSPS) is 20.2. The zero-order chi connectivity index (χ0) is 26.7. The van der Waals surface area contributed by atoms with Gasteiger partial charge < -0.3 is 19.5 Å². The van der Waals surface area contributed by atoms with Gasteiger partial charge in [0.15, 0.2) is 17.3 Å². The van der Waals surface area contributed by atoms with Crippen molar-refractivity contribution in [3.63, 3.8) is 0 Å². The third-order valence-corrected chi connectivity index (χ3v) is 8.00. The summed E-state index contributed by atoms with van der Waals surface area (Å²) in [7, 11) is 3.22. The molecule has 0 spiro atoms. The second kappa shape index (κ2) is 11.5. The molecule has 1 aliphatic carbocycles. The van der Waals surface area contributed by atoms with E-state index < -0.39 is 5.92 Å². The van der Waals surface area contributed by atoms with Crippen molar-refractivity contribution >= 4 is 23.5 Å². The van der Waals surface area contributed by atoms with E-state index in [1.165, 1.54) is 0 Å². The first kappa shape index (κ1) is 26.9. The minimum absolute atomic E-state index is 0.0144. The highest BCUT2D eigenvalue weighted by atomic mass is 32.2. The third kappa shape index (κ3) is 5.42. The van der Waals surface area contributed by atoms with Gasteiger partial charge in [0.2, 0.25) is 0 Å². The van der Waals surface area contributed by atoms with Gasteiger partial charge in [-0.25, -0.2) is 4.79 Å². The Morgan fingerprint density at radius 3 is 2.35 bits per heavy atom. The predicted octanol–water partition coefficient (Wildman–Crippen LogP) is 6.13. The van der Waals surface area contributed by atoms with E-state index in [1.54, 1.807) is 26.0 Å². The Hall–Kier alpha value is -3.19. The fourth-order valence-corrected chi connectivity index (χ4v) is 5.52. The molecule has 0 amide bonds. The smallest absolute Gasteiger partial charge is 0.337 e. The number of nitrogens with one attached hydrogen (secondary N) is 1. The largest absolute Gasteiger partial charge is 0.493 e. The van der Waals surface area contributed by atoms with Gasteiger partial charge in [0.05, 0.1) is 25.9 Å². The number of ether oxygens (including phenoxy) is 3. The average molecular weight is 522 g/mol. The van der Waals surface area contributed by atoms with Gasteiger partial charge in [0.1, 0.15) is 0 Å². The van der Waals surface area contributed by atoms with E-state index in [0.29, 0.717) is 35.5 Å². The maximum Gasteiger partial charge on any atom is 0.337 e. The molecule has 7 heteroatoms. The summed E-state index contributed by atoms with van der Waals surface area (Å²) in [5.41, 5.74) is 4.70. The van der Waals surface area contributed by atoms with Crippen LogP contribution in [0.1, 0.15) is 63.0 Å². The van der Waals surface area contributed by atoms with Gasteiger partial charge in [-0.1, -0.05) is 25.1 Å². The Kier molecular flexibility index (Phi) is 8.32. The van der Waals surface area contributed by atoms with E-state index in [0.717, 1.165) is 33.8 Å². The quantitative estimate of drug-likeness (QED) is 0.331. The second-order valence-corrected chi connectivity index (χ2v) is 10.4. The topological polar surface area (TPSA) is 73.9 Å². The number of hydrogen-bond acceptors (Lipinski definition) is 7. The monoisotopic (exact) mass is 521 g/mol. The van der Waals surface area contributed by atoms with Crippen molar-refractivity contribution in [3.05, 3.63) is 76.1 Å². The lowest BCUT2D eigenvalue weighted by Crippen LogP contribution is -2.36. The molecule has 2 aliphatic rings. The highest BCUT2D eigenvalue weighted by Crippen LogP contribution is 2.46. The fraction of sp³-hybridized carbons (Fsp3) is 0.400. The van der Waals surface area contributed by atoms with Crippen LogP contribution in [-0.2, 0) is 14.3 Å². The average Bonchev–Trinajstić information content (AvgIpc) is 2.91. The van der Waals surface area contributed by atoms with E-state index in [2.05, 4.69) is 5.32 Å². The number of Topliss-reactive ketones (excluding diaryl/α,β-unsaturated/α-hetero) is 1. The molecule has 0 bridgehead atoms. The van der Waals surface area contributed by atoms with Crippen LogP contribution < -0.4 is 14.8 Å². The summed E-state index contributed by atoms with van der Waals surface area (Å²) < 4.78 is 16.6. The molecule has 37 heavy (non-hydrogen) atoms. The minimum Gasteiger partial charge on any atom is -0.493 e. The third-order valence-electron chi connectivity index (χ3n) is 7.26. The van der Waals surface area contributed by atoms with Crippen LogP contribution in [0.3, 0.4) is 0 Å². The Bertz CT molecular complexity index is 1250. The van der Waals surface area contributed by atoms with Crippen molar-refractivity contribution in [1.82, 2.24) is 5.32 Å². The van der Waals surface area contributed by atoms with Crippen LogP contribution in [0, 0.1) is 0 Å². The first-order chi connectivity index (χ1) is 17.8. The second-order valence-electron chi connectivity index (χ2n) is 9.53. The molecule has 2 aromatic rings. The molecule has 2 aromatic carbocycles. The van der Waals surface area contributed by atoms with Crippen LogP contribution in [0.15, 0.2) is 69.9 Å². The molecule has 1 aliphatic heterocycles. The van der Waals surface area contributed by atoms with E-state index in [9.17, 15) is 9.59 Å². The molecule has 4 rings (SSSR count). The number of rotatable bonds is 8. The molecule has 0 unspecified atom stereocenters. The minimum atomic E-state index is -0.470. The summed E-state index contributed by atoms with van der Waals surface area (Å²) in [6.07, 6.45) is 3.54. The summed E-state index contributed by atoms with van der Waals surface area (Å²) in [6, 6.07) is 13.9. The maximum atomic E-state index is 13.8. The lowest BCUT2D eigenvalue weighted by Gasteiger charge is -2.37. The molecule has 3 atom stereocenters. The van der Waals surface area contributed by atoms with E-state index in [-0.39, 0.29) is 23.8 Å². The van der Waals surface area contributed by atoms with E-state index >= 15 is 0 Å². The van der Waals surface area contributed by atoms with Crippen LogP contribution in [0.4, 0.5) is 0 Å². The molecule has 6 nitrogen and oxygen atoms in total. The van der Waals surface area contributed by atoms with Crippen molar-refractivity contribution < 1.29 is 23.8 Å². The number of dihydropyridines is 1. The summed E-state index contributed by atoms with van der Waals surface area (Å²) in [5.74, 6) is 0.471. The van der Waals surface area contributed by atoms with Crippen LogP contribution in [0.25, 0.3) is 0 Å². The van der Waals surface area contributed by atoms with Crippen LogP contribution in [0.5, 0.6) is 11.5 Å². The fourth-order valence-electron chi connectivity index (χ4n) is 5.11. The molecule has 1 heterocycles. The number of hydrogen-bond donors (Lipinski definition) is 1. The Morgan fingerprint density at radius 2 is 1.73 bits per heavy atom. The molecule has 196 valence electrons. The van der Waals surface area contributed by atoms with Gasteiger partial charge in [0.25, 0.3) is 0 Å². The Labute approximate surface area is 223 Å². The number of carbonyl (C=O) groups excluding carboxylic acids is 2. The first-order valence-electron chi connectivity index (χ1n) is 12.6. The summed E-state index contributed by atoms with van der Waals surface area (Å²) >= 11 is 1.66. The van der Waals surface area contributed by atoms with Gasteiger partial charge in [0, 0.05) is 34.2 Å². The Balaban J connectivity index is 1.76. The lowest BCUT2D eigenvalue weighted by molar-refractivity contribution is -0.144. The number of methoxy groups -OCH3 is 2. The summed E-state index contributed by atoms with van der Waals surface area (Å²) in [5, 5.41) is 3.42. The van der Waals surface area contributed by atoms with Crippen molar-refractivity contribution in [2.45, 2.75) is 62.9 Å². The number of allylic oxidation sites excluding steroid dienone is 3. The number of benzene rings is 2. The molecular formula is C30H35NO5S. The molecule has 0 saturated heterocycles. The number of thioether (sulfide) groups is 1. The van der Waals surface area contributed by atoms with Gasteiger partial charge in [-0.3, -0.25) is 4.79 Å². The molecule has 0 fully saturated rings. The Morgan fingerprint density at radius 1 is 1.05 bits per heavy atom. The van der Waals surface area contributed by atoms with Crippen LogP contribution >= 0.6 is 11.8 Å². The van der Waals surface area contributed by atoms with E-state index in [1.807, 2.05) is 69.5 Å². The molecule has 1 N–H and O–H groups in total. The van der Waals surface area contributed by atoms with E-state index in [4.69, 9.17) is 14.2 Å². The van der Waals surface area contributed by atoms with Crippen LogP contribution in [0.2, 0.25) is 0 Å². The highest BCUT2D eigenvalue weighted by molar-refractivity contribution is 7.98. The maximum absolute atomic E-state index is 13.8. The van der Waals surface area contributed by atoms with Crippen molar-refractivity contribution in [2.75, 3.05) is 20.5 Å². The number of ketones is 1. The van der Waals surface area contributed by atoms with Gasteiger partial charge in [-0.2, -0.15) is 0 Å². The molecule has 0 aromatic heterocycles. The number of carbonyl (C=O) groups is 2. The highest BCUT2D eigenvalue weighted by Gasteiger charge is 2.41. The summed E-state index contributed by atoms with van der Waals surface area (Å²) in [4.78, 5) is 28.3. The standard InChI is InChI=1S/C30H35NO5S/c1-7-17(2)36-30(33)27-18(3)31-23-14-21(20-10-13-25(34-4)26(16-20)35-5)15-24(32)29(23)28(27)19-8-11-22(37-6)12-9-19/h8-13,16-17,21,28,31H,7,14-15H2,1-6H3/t17-,21+,28-/m0/s1. The van der Waals surface area contributed by atoms with Crippen molar-refractivity contribution in [3.8, 4) is 11.5 Å². The van der Waals surface area contributed by atoms with Crippen molar-refractivity contribution in [2.24, 2.45) is 0 Å². The predicted molar refractivity (Wildman–Crippen MR) is 146 cm³/mol. The van der Waals surface area contributed by atoms with Gasteiger partial charge >= 0.3 is 5.97 Å². The molecule has 0 radical (unpaired) electrons. The first-order valence-corrected chi connectivity index (χ1v) is 13.8. The lowest BCUT2D eigenvalue weighted by atomic mass is 9.71. The SMILES string of the molecule is CC[C@H](C)OC(=O)C1=C(C)NC2=C(C(=O)C[C@H](c3ccc(OC)c(OC)c3)C2)[C@H]1c1ccc(SC)cc1. The zero-order valence-electron chi connectivity index (χ0n) is 22.3. The van der Waals surface area contributed by atoms with Crippen LogP contribution in [-0.4, -0.2) is 38.3 Å². The zero-order valence-corrected chi connectivity index (χ0v) is 23.2. The number of esters is 1. The van der Waals surface area contributed by atoms with Gasteiger partial charge in [-0.05, 0) is 74.3 Å².